The number of esters is 1. The van der Waals surface area contributed by atoms with Gasteiger partial charge in [0.15, 0.2) is 5.16 Å². The molecule has 1 heterocycles. The third-order valence-corrected chi connectivity index (χ3v) is 5.05. The highest BCUT2D eigenvalue weighted by molar-refractivity contribution is 7.99. The summed E-state index contributed by atoms with van der Waals surface area (Å²) in [6, 6.07) is 17.0. The summed E-state index contributed by atoms with van der Waals surface area (Å²) in [5.74, 6) is -0.431. The van der Waals surface area contributed by atoms with Crippen molar-refractivity contribution in [2.75, 3.05) is 23.8 Å². The molecule has 0 aliphatic carbocycles. The molecule has 0 aliphatic rings. The number of thioether (sulfide) groups is 1. The van der Waals surface area contributed by atoms with E-state index in [-0.39, 0.29) is 24.8 Å². The molecule has 6 nitrogen and oxygen atoms in total. The molecule has 3 rings (SSSR count). The second-order valence-electron chi connectivity index (χ2n) is 5.85. The van der Waals surface area contributed by atoms with Gasteiger partial charge in [-0.1, -0.05) is 42.1 Å². The number of carbonyl (C=O) groups excluding carboxylic acids is 2. The van der Waals surface area contributed by atoms with E-state index in [4.69, 9.17) is 4.74 Å². The Morgan fingerprint density at radius 3 is 2.52 bits per heavy atom. The fourth-order valence-electron chi connectivity index (χ4n) is 2.72. The molecule has 7 heteroatoms. The molecule has 0 saturated carbocycles. The van der Waals surface area contributed by atoms with Gasteiger partial charge in [0, 0.05) is 12.7 Å². The van der Waals surface area contributed by atoms with E-state index in [1.165, 1.54) is 16.7 Å². The van der Waals surface area contributed by atoms with E-state index < -0.39 is 5.97 Å². The number of fused-ring (bicyclic) bond motifs is 1. The molecule has 0 unspecified atom stereocenters. The number of aryl methyl sites for hydroxylation is 1. The second-order valence-corrected chi connectivity index (χ2v) is 6.79. The van der Waals surface area contributed by atoms with Crippen molar-refractivity contribution in [2.24, 2.45) is 7.05 Å². The molecule has 0 fully saturated rings. The Kier molecular flexibility index (Phi) is 6.13. The Morgan fingerprint density at radius 2 is 1.81 bits per heavy atom. The molecule has 1 aromatic heterocycles. The molecule has 27 heavy (non-hydrogen) atoms. The summed E-state index contributed by atoms with van der Waals surface area (Å²) < 4.78 is 6.97. The largest absolute Gasteiger partial charge is 0.465 e. The maximum atomic E-state index is 12.8. The van der Waals surface area contributed by atoms with E-state index in [0.717, 1.165) is 16.2 Å². The fraction of sp³-hybridized carbons (Fsp3) is 0.250. The third-order valence-electron chi connectivity index (χ3n) is 4.03. The van der Waals surface area contributed by atoms with Gasteiger partial charge in [-0.25, -0.2) is 4.98 Å². The minimum atomic E-state index is -0.428. The molecule has 2 aromatic carbocycles. The van der Waals surface area contributed by atoms with Crippen molar-refractivity contribution < 1.29 is 14.3 Å². The first-order chi connectivity index (χ1) is 13.1. The van der Waals surface area contributed by atoms with Crippen LogP contribution in [0.2, 0.25) is 0 Å². The van der Waals surface area contributed by atoms with Gasteiger partial charge in [0.1, 0.15) is 6.54 Å². The summed E-state index contributed by atoms with van der Waals surface area (Å²) in [6.07, 6.45) is 0. The van der Waals surface area contributed by atoms with Crippen molar-refractivity contribution in [3.63, 3.8) is 0 Å². The summed E-state index contributed by atoms with van der Waals surface area (Å²) in [7, 11) is 1.93. The second kappa shape index (κ2) is 8.73. The van der Waals surface area contributed by atoms with Gasteiger partial charge in [-0.15, -0.1) is 0 Å². The highest BCUT2D eigenvalue weighted by Crippen LogP contribution is 2.24. The first kappa shape index (κ1) is 19.0. The van der Waals surface area contributed by atoms with Crippen molar-refractivity contribution in [3.8, 4) is 0 Å². The highest BCUT2D eigenvalue weighted by atomic mass is 32.2. The molecular weight excluding hydrogens is 362 g/mol. The van der Waals surface area contributed by atoms with Crippen LogP contribution in [0.4, 0.5) is 5.69 Å². The SMILES string of the molecule is CCOC(=O)CN(C(=O)CSc1nc2ccccc2n1C)c1ccccc1. The van der Waals surface area contributed by atoms with Gasteiger partial charge in [-0.05, 0) is 31.2 Å². The monoisotopic (exact) mass is 383 g/mol. The Bertz CT molecular complexity index is 940. The van der Waals surface area contributed by atoms with Crippen molar-refractivity contribution in [3.05, 3.63) is 54.6 Å². The van der Waals surface area contributed by atoms with Gasteiger partial charge in [0.2, 0.25) is 5.91 Å². The Hall–Kier alpha value is -2.80. The molecule has 0 spiro atoms. The van der Waals surface area contributed by atoms with Gasteiger partial charge in [0.05, 0.1) is 23.4 Å². The first-order valence-corrected chi connectivity index (χ1v) is 9.64. The molecule has 0 aliphatic heterocycles. The summed E-state index contributed by atoms with van der Waals surface area (Å²) in [5, 5.41) is 0.758. The summed E-state index contributed by atoms with van der Waals surface area (Å²) in [4.78, 5) is 30.8. The minimum Gasteiger partial charge on any atom is -0.465 e. The lowest BCUT2D eigenvalue weighted by Gasteiger charge is -2.21. The molecule has 3 aromatic rings. The minimum absolute atomic E-state index is 0.111. The van der Waals surface area contributed by atoms with Crippen LogP contribution in [0.25, 0.3) is 11.0 Å². The van der Waals surface area contributed by atoms with Gasteiger partial charge in [0.25, 0.3) is 0 Å². The number of nitrogens with zero attached hydrogens (tertiary/aromatic N) is 3. The van der Waals surface area contributed by atoms with Gasteiger partial charge < -0.3 is 14.2 Å². The molecular formula is C20H21N3O3S. The number of benzene rings is 2. The number of ether oxygens (including phenoxy) is 1. The molecule has 0 radical (unpaired) electrons. The number of hydrogen-bond acceptors (Lipinski definition) is 5. The average molecular weight is 383 g/mol. The van der Waals surface area contributed by atoms with Crippen LogP contribution in [-0.4, -0.2) is 40.3 Å². The predicted octanol–water partition coefficient (Wildman–Crippen LogP) is 3.26. The number of aromatic nitrogens is 2. The van der Waals surface area contributed by atoms with Crippen LogP contribution in [0.3, 0.4) is 0 Å². The number of anilines is 1. The number of imidazole rings is 1. The van der Waals surface area contributed by atoms with Crippen LogP contribution in [0.15, 0.2) is 59.8 Å². The van der Waals surface area contributed by atoms with E-state index in [2.05, 4.69) is 4.98 Å². The van der Waals surface area contributed by atoms with E-state index in [1.54, 1.807) is 19.1 Å². The Balaban J connectivity index is 1.75. The standard InChI is InChI=1S/C20H21N3O3S/c1-3-26-19(25)13-23(15-9-5-4-6-10-15)18(24)14-27-20-21-16-11-7-8-12-17(16)22(20)2/h4-12H,3,13-14H2,1-2H3. The molecule has 0 atom stereocenters. The van der Waals surface area contributed by atoms with Crippen LogP contribution in [0.1, 0.15) is 6.92 Å². The van der Waals surface area contributed by atoms with Crippen molar-refractivity contribution >= 4 is 40.4 Å². The Morgan fingerprint density at radius 1 is 1.11 bits per heavy atom. The molecule has 140 valence electrons. The lowest BCUT2D eigenvalue weighted by Crippen LogP contribution is -2.37. The molecule has 0 bridgehead atoms. The highest BCUT2D eigenvalue weighted by Gasteiger charge is 2.21. The van der Waals surface area contributed by atoms with Gasteiger partial charge in [-0.3, -0.25) is 9.59 Å². The van der Waals surface area contributed by atoms with E-state index in [0.29, 0.717) is 5.69 Å². The zero-order valence-corrected chi connectivity index (χ0v) is 16.1. The predicted molar refractivity (Wildman–Crippen MR) is 107 cm³/mol. The van der Waals surface area contributed by atoms with E-state index in [9.17, 15) is 9.59 Å². The zero-order chi connectivity index (χ0) is 19.2. The summed E-state index contributed by atoms with van der Waals surface area (Å²) in [5.41, 5.74) is 2.57. The molecule has 1 amide bonds. The smallest absolute Gasteiger partial charge is 0.326 e. The van der Waals surface area contributed by atoms with Crippen LogP contribution >= 0.6 is 11.8 Å². The van der Waals surface area contributed by atoms with Crippen LogP contribution in [0.5, 0.6) is 0 Å². The first-order valence-electron chi connectivity index (χ1n) is 8.65. The molecule has 0 saturated heterocycles. The van der Waals surface area contributed by atoms with Crippen molar-refractivity contribution in [1.29, 1.82) is 0 Å². The maximum Gasteiger partial charge on any atom is 0.326 e. The number of amides is 1. The van der Waals surface area contributed by atoms with Crippen LogP contribution in [0, 0.1) is 0 Å². The van der Waals surface area contributed by atoms with Gasteiger partial charge in [-0.2, -0.15) is 0 Å². The average Bonchev–Trinajstić information content (AvgIpc) is 3.01. The van der Waals surface area contributed by atoms with E-state index >= 15 is 0 Å². The van der Waals surface area contributed by atoms with Crippen molar-refractivity contribution in [1.82, 2.24) is 9.55 Å². The summed E-state index contributed by atoms with van der Waals surface area (Å²) in [6.45, 7) is 1.91. The Labute approximate surface area is 162 Å². The maximum absolute atomic E-state index is 12.8. The normalized spacial score (nSPS) is 10.7. The lowest BCUT2D eigenvalue weighted by molar-refractivity contribution is -0.142. The topological polar surface area (TPSA) is 64.4 Å². The lowest BCUT2D eigenvalue weighted by atomic mass is 10.3. The van der Waals surface area contributed by atoms with Crippen molar-refractivity contribution in [2.45, 2.75) is 12.1 Å². The fourth-order valence-corrected chi connectivity index (χ4v) is 3.59. The number of carbonyl (C=O) groups is 2. The van der Waals surface area contributed by atoms with Gasteiger partial charge >= 0.3 is 5.97 Å². The van der Waals surface area contributed by atoms with Crippen LogP contribution in [-0.2, 0) is 21.4 Å². The number of rotatable bonds is 7. The number of hydrogen-bond donors (Lipinski definition) is 0. The van der Waals surface area contributed by atoms with Crippen LogP contribution < -0.4 is 4.90 Å². The number of para-hydroxylation sites is 3. The van der Waals surface area contributed by atoms with E-state index in [1.807, 2.05) is 54.1 Å². The quantitative estimate of drug-likeness (QED) is 0.463. The summed E-state index contributed by atoms with van der Waals surface area (Å²) >= 11 is 1.35. The molecule has 0 N–H and O–H groups in total. The third kappa shape index (κ3) is 4.49. The zero-order valence-electron chi connectivity index (χ0n) is 15.3.